The first-order valence-corrected chi connectivity index (χ1v) is 12.2. The Kier molecular flexibility index (Phi) is 6.92. The molecule has 3 fully saturated rings. The number of aliphatic carboxylic acids is 2. The first kappa shape index (κ1) is 24.9. The van der Waals surface area contributed by atoms with Crippen LogP contribution in [-0.4, -0.2) is 84.4 Å². The van der Waals surface area contributed by atoms with Crippen molar-refractivity contribution in [1.82, 2.24) is 4.90 Å². The van der Waals surface area contributed by atoms with Gasteiger partial charge in [-0.1, -0.05) is 25.3 Å². The summed E-state index contributed by atoms with van der Waals surface area (Å²) in [6, 6.07) is 6.17. The molecule has 6 N–H and O–H groups in total. The quantitative estimate of drug-likeness (QED) is 0.367. The number of nitrogens with zero attached hydrogens (tertiary/aromatic N) is 1. The lowest BCUT2D eigenvalue weighted by atomic mass is 9.49. The van der Waals surface area contributed by atoms with Gasteiger partial charge >= 0.3 is 11.9 Å². The number of phenols is 1. The van der Waals surface area contributed by atoms with Gasteiger partial charge in [-0.15, -0.1) is 0 Å². The molecule has 1 heterocycles. The predicted octanol–water partition coefficient (Wildman–Crippen LogP) is 1.24. The SMILES string of the molecule is O=C(O)[C@@H](O)[C@H](O)C(=O)O.Oc1ccc2c(c1)[C@@]13CCCC[C@@]1(O)[C@@H](C2)N(CC1CCC1)CC3. The molecule has 4 aliphatic rings. The fourth-order valence-electron chi connectivity index (χ4n) is 6.59. The fourth-order valence-corrected chi connectivity index (χ4v) is 6.59. The highest BCUT2D eigenvalue weighted by Crippen LogP contribution is 2.58. The van der Waals surface area contributed by atoms with Crippen LogP contribution in [0.4, 0.5) is 0 Å². The van der Waals surface area contributed by atoms with Gasteiger partial charge < -0.3 is 30.6 Å². The highest BCUT2D eigenvalue weighted by Gasteiger charge is 2.63. The van der Waals surface area contributed by atoms with Crippen molar-refractivity contribution in [2.24, 2.45) is 5.92 Å². The summed E-state index contributed by atoms with van der Waals surface area (Å²) in [5.74, 6) is -2.33. The van der Waals surface area contributed by atoms with Crippen LogP contribution in [0.2, 0.25) is 0 Å². The molecule has 2 bridgehead atoms. The van der Waals surface area contributed by atoms with Crippen LogP contribution >= 0.6 is 0 Å². The van der Waals surface area contributed by atoms with E-state index in [2.05, 4.69) is 11.0 Å². The minimum absolute atomic E-state index is 0.127. The van der Waals surface area contributed by atoms with Gasteiger partial charge in [-0.25, -0.2) is 9.59 Å². The molecule has 3 aliphatic carbocycles. The second kappa shape index (κ2) is 9.45. The monoisotopic (exact) mass is 477 g/mol. The molecule has 5 rings (SSSR count). The van der Waals surface area contributed by atoms with E-state index in [1.807, 2.05) is 12.1 Å². The average molecular weight is 478 g/mol. The molecule has 0 radical (unpaired) electrons. The van der Waals surface area contributed by atoms with Crippen LogP contribution in [0.5, 0.6) is 5.75 Å². The molecule has 1 aromatic rings. The topological polar surface area (TPSA) is 159 Å². The number of aliphatic hydroxyl groups excluding tert-OH is 2. The second-order valence-electron chi connectivity index (χ2n) is 10.4. The molecule has 9 nitrogen and oxygen atoms in total. The smallest absolute Gasteiger partial charge is 0.335 e. The normalized spacial score (nSPS) is 32.1. The van der Waals surface area contributed by atoms with Crippen molar-refractivity contribution in [1.29, 1.82) is 0 Å². The van der Waals surface area contributed by atoms with E-state index >= 15 is 0 Å². The second-order valence-corrected chi connectivity index (χ2v) is 10.4. The van der Waals surface area contributed by atoms with Crippen LogP contribution in [0.15, 0.2) is 18.2 Å². The van der Waals surface area contributed by atoms with Crippen molar-refractivity contribution in [2.45, 2.75) is 87.1 Å². The van der Waals surface area contributed by atoms with Crippen molar-refractivity contribution in [3.63, 3.8) is 0 Å². The average Bonchev–Trinajstić information content (AvgIpc) is 2.76. The van der Waals surface area contributed by atoms with Crippen LogP contribution < -0.4 is 0 Å². The number of likely N-dealkylation sites (tertiary alicyclic amines) is 1. The molecule has 34 heavy (non-hydrogen) atoms. The van der Waals surface area contributed by atoms with Gasteiger partial charge in [-0.3, -0.25) is 4.90 Å². The van der Waals surface area contributed by atoms with Crippen LogP contribution in [0, 0.1) is 5.92 Å². The number of benzene rings is 1. The van der Waals surface area contributed by atoms with Gasteiger partial charge in [0.1, 0.15) is 5.75 Å². The Balaban J connectivity index is 0.000000235. The Morgan fingerprint density at radius 2 is 1.65 bits per heavy atom. The van der Waals surface area contributed by atoms with Crippen LogP contribution in [0.25, 0.3) is 0 Å². The summed E-state index contributed by atoms with van der Waals surface area (Å²) >= 11 is 0. The van der Waals surface area contributed by atoms with Gasteiger partial charge in [0.2, 0.25) is 0 Å². The zero-order chi connectivity index (χ0) is 24.7. The summed E-state index contributed by atoms with van der Waals surface area (Å²) in [5, 5.41) is 54.6. The lowest BCUT2D eigenvalue weighted by molar-refractivity contribution is -0.169. The number of phenolic OH excluding ortho intramolecular Hbond substituents is 1. The molecular formula is C25H35NO8. The third kappa shape index (κ3) is 4.19. The Labute approximate surface area is 198 Å². The van der Waals surface area contributed by atoms with E-state index in [9.17, 15) is 19.8 Å². The molecule has 0 aromatic heterocycles. The number of piperidine rings is 1. The van der Waals surface area contributed by atoms with Crippen LogP contribution in [0.3, 0.4) is 0 Å². The lowest BCUT2D eigenvalue weighted by Gasteiger charge is -2.64. The minimum atomic E-state index is -2.27. The molecular weight excluding hydrogens is 442 g/mol. The predicted molar refractivity (Wildman–Crippen MR) is 122 cm³/mol. The molecule has 0 amide bonds. The molecule has 0 unspecified atom stereocenters. The summed E-state index contributed by atoms with van der Waals surface area (Å²) in [7, 11) is 0. The van der Waals surface area contributed by atoms with Crippen molar-refractivity contribution in [2.75, 3.05) is 13.1 Å². The van der Waals surface area contributed by atoms with E-state index in [4.69, 9.17) is 20.4 Å². The van der Waals surface area contributed by atoms with E-state index in [0.29, 0.717) is 5.75 Å². The van der Waals surface area contributed by atoms with Crippen molar-refractivity contribution in [3.8, 4) is 5.75 Å². The molecule has 9 heteroatoms. The number of carbonyl (C=O) groups is 2. The van der Waals surface area contributed by atoms with E-state index in [1.54, 1.807) is 0 Å². The molecule has 1 aliphatic heterocycles. The van der Waals surface area contributed by atoms with Crippen LogP contribution in [0.1, 0.15) is 62.5 Å². The van der Waals surface area contributed by atoms with Crippen molar-refractivity contribution >= 4 is 11.9 Å². The number of carboxylic acids is 2. The first-order valence-electron chi connectivity index (χ1n) is 12.2. The number of carboxylic acid groups (broad SMARTS) is 2. The highest BCUT2D eigenvalue weighted by atomic mass is 16.4. The molecule has 2 saturated carbocycles. The summed E-state index contributed by atoms with van der Waals surface area (Å²) < 4.78 is 0. The maximum absolute atomic E-state index is 11.9. The number of aliphatic hydroxyl groups is 3. The number of hydrogen-bond donors (Lipinski definition) is 6. The number of rotatable bonds is 5. The Hall–Kier alpha value is -2.20. The Morgan fingerprint density at radius 3 is 2.24 bits per heavy atom. The van der Waals surface area contributed by atoms with E-state index in [0.717, 1.165) is 44.6 Å². The summed E-state index contributed by atoms with van der Waals surface area (Å²) in [5.41, 5.74) is 1.89. The minimum Gasteiger partial charge on any atom is -0.508 e. The zero-order valence-electron chi connectivity index (χ0n) is 19.3. The van der Waals surface area contributed by atoms with Gasteiger partial charge in [0.05, 0.1) is 5.60 Å². The number of hydrogen-bond acceptors (Lipinski definition) is 7. The van der Waals surface area contributed by atoms with Gasteiger partial charge in [0.15, 0.2) is 12.2 Å². The van der Waals surface area contributed by atoms with Gasteiger partial charge in [0.25, 0.3) is 0 Å². The van der Waals surface area contributed by atoms with Crippen molar-refractivity contribution < 1.29 is 40.2 Å². The van der Waals surface area contributed by atoms with E-state index in [1.165, 1.54) is 43.4 Å². The number of aromatic hydroxyl groups is 1. The zero-order valence-corrected chi connectivity index (χ0v) is 19.3. The van der Waals surface area contributed by atoms with Gasteiger partial charge in [-0.2, -0.15) is 0 Å². The van der Waals surface area contributed by atoms with E-state index in [-0.39, 0.29) is 11.5 Å². The fraction of sp³-hybridized carbons (Fsp3) is 0.680. The highest BCUT2D eigenvalue weighted by molar-refractivity contribution is 5.83. The maximum Gasteiger partial charge on any atom is 0.335 e. The maximum atomic E-state index is 11.9. The van der Waals surface area contributed by atoms with Crippen LogP contribution in [-0.2, 0) is 21.4 Å². The third-order valence-electron chi connectivity index (χ3n) is 8.60. The molecule has 188 valence electrons. The summed E-state index contributed by atoms with van der Waals surface area (Å²) in [6.07, 6.45) is 5.93. The van der Waals surface area contributed by atoms with E-state index < -0.39 is 29.7 Å². The van der Waals surface area contributed by atoms with Gasteiger partial charge in [-0.05, 0) is 74.2 Å². The number of fused-ring (bicyclic) bond motifs is 1. The molecule has 1 aromatic carbocycles. The Bertz CT molecular complexity index is 915. The van der Waals surface area contributed by atoms with Gasteiger partial charge in [0, 0.05) is 18.0 Å². The summed E-state index contributed by atoms with van der Waals surface area (Å²) in [4.78, 5) is 22.2. The first-order chi connectivity index (χ1) is 16.1. The molecule has 0 spiro atoms. The Morgan fingerprint density at radius 1 is 1.00 bits per heavy atom. The molecule has 5 atom stereocenters. The lowest BCUT2D eigenvalue weighted by Crippen LogP contribution is -2.72. The standard InChI is InChI=1S/C21H29NO2.C4H6O6/c23-17-7-6-16-12-19-21(24)9-2-1-8-20(21,18(16)13-17)10-11-22(19)14-15-4-3-5-15;5-1(3(7)8)2(6)4(9)10/h6-7,13,15,19,23-24H,1-5,8-12,14H2;1-2,5-6H,(H,7,8)(H,9,10)/t19-,20+,21-;1-,2-/m10/s1. The van der Waals surface area contributed by atoms with Crippen molar-refractivity contribution in [3.05, 3.63) is 29.3 Å². The largest absolute Gasteiger partial charge is 0.508 e. The summed E-state index contributed by atoms with van der Waals surface area (Å²) in [6.45, 7) is 2.29. The third-order valence-corrected chi connectivity index (χ3v) is 8.60. The molecule has 1 saturated heterocycles.